The maximum absolute atomic E-state index is 11.9. The zero-order valence-corrected chi connectivity index (χ0v) is 19.1. The number of carbonyl (C=O) groups is 2. The predicted molar refractivity (Wildman–Crippen MR) is 122 cm³/mol. The highest BCUT2D eigenvalue weighted by Crippen LogP contribution is 2.24. The van der Waals surface area contributed by atoms with Crippen molar-refractivity contribution in [2.45, 2.75) is 67.2 Å². The van der Waals surface area contributed by atoms with Crippen LogP contribution in [0.2, 0.25) is 0 Å². The van der Waals surface area contributed by atoms with Crippen LogP contribution in [0.15, 0.2) is 36.4 Å². The fourth-order valence-corrected chi connectivity index (χ4v) is 2.95. The van der Waals surface area contributed by atoms with Crippen molar-refractivity contribution < 1.29 is 14.3 Å². The number of Topliss-reactive ketones (excluding diaryl/α,β-unsaturated/α-hetero) is 1. The van der Waals surface area contributed by atoms with Crippen molar-refractivity contribution in [2.24, 2.45) is 5.73 Å². The van der Waals surface area contributed by atoms with Crippen molar-refractivity contribution in [1.29, 1.82) is 0 Å². The van der Waals surface area contributed by atoms with E-state index in [-0.39, 0.29) is 5.78 Å². The molecular formula is C25H37NO3. The van der Waals surface area contributed by atoms with Crippen LogP contribution in [0.4, 0.5) is 0 Å². The van der Waals surface area contributed by atoms with E-state index in [2.05, 4.69) is 6.92 Å². The first kappa shape index (κ1) is 26.4. The number of ether oxygens (including phenoxy) is 1. The summed E-state index contributed by atoms with van der Waals surface area (Å²) in [7, 11) is 1.62. The van der Waals surface area contributed by atoms with Crippen molar-refractivity contribution in [2.75, 3.05) is 7.11 Å². The summed E-state index contributed by atoms with van der Waals surface area (Å²) < 4.78 is 5.46. The van der Waals surface area contributed by atoms with Crippen LogP contribution < -0.4 is 10.5 Å². The molecule has 0 aliphatic rings. The number of methoxy groups -OCH3 is 1. The van der Waals surface area contributed by atoms with Crippen molar-refractivity contribution in [3.8, 4) is 5.75 Å². The lowest BCUT2D eigenvalue weighted by molar-refractivity contribution is 0.0984. The lowest BCUT2D eigenvalue weighted by atomic mass is 9.95. The molecule has 0 heterocycles. The van der Waals surface area contributed by atoms with E-state index in [9.17, 15) is 9.59 Å². The van der Waals surface area contributed by atoms with Crippen molar-refractivity contribution in [3.05, 3.63) is 64.2 Å². The first-order valence-electron chi connectivity index (χ1n) is 10.6. The standard InChI is InChI=1S/C21H25NO3.2C2H6/c1-4-14-6-11-18(21(22)24)12-16(14)9-7-15-8-10-17(19(23)5-2)13-20(15)25-3;2*1-2/h6,8,10-13H,4-5,7,9H2,1-3H3,(H2,22,24);2*1-2H3. The molecule has 0 saturated heterocycles. The minimum atomic E-state index is -0.413. The Labute approximate surface area is 176 Å². The number of nitrogens with two attached hydrogens (primary N) is 1. The number of aryl methyl sites for hydroxylation is 3. The molecule has 4 heteroatoms. The number of amides is 1. The number of hydrogen-bond acceptors (Lipinski definition) is 3. The monoisotopic (exact) mass is 399 g/mol. The van der Waals surface area contributed by atoms with Gasteiger partial charge in [0.1, 0.15) is 5.75 Å². The van der Waals surface area contributed by atoms with Gasteiger partial charge in [-0.25, -0.2) is 0 Å². The quantitative estimate of drug-likeness (QED) is 0.571. The SMILES string of the molecule is CC.CC.CCC(=O)c1ccc(CCc2cc(C(N)=O)ccc2CC)c(OC)c1. The molecule has 0 saturated carbocycles. The first-order chi connectivity index (χ1) is 14.0. The van der Waals surface area contributed by atoms with Crippen LogP contribution in [0, 0.1) is 0 Å². The smallest absolute Gasteiger partial charge is 0.248 e. The highest BCUT2D eigenvalue weighted by molar-refractivity contribution is 5.96. The fourth-order valence-electron chi connectivity index (χ4n) is 2.95. The summed E-state index contributed by atoms with van der Waals surface area (Å²) in [6.07, 6.45) is 2.92. The zero-order valence-electron chi connectivity index (χ0n) is 19.1. The van der Waals surface area contributed by atoms with E-state index >= 15 is 0 Å². The van der Waals surface area contributed by atoms with Crippen molar-refractivity contribution in [3.63, 3.8) is 0 Å². The summed E-state index contributed by atoms with van der Waals surface area (Å²) in [6.45, 7) is 11.9. The van der Waals surface area contributed by atoms with Gasteiger partial charge in [-0.3, -0.25) is 9.59 Å². The molecule has 0 radical (unpaired) electrons. The highest BCUT2D eigenvalue weighted by Gasteiger charge is 2.11. The normalized spacial score (nSPS) is 9.48. The van der Waals surface area contributed by atoms with Gasteiger partial charge in [0.05, 0.1) is 7.11 Å². The van der Waals surface area contributed by atoms with Gasteiger partial charge in [-0.15, -0.1) is 0 Å². The molecule has 2 aromatic rings. The highest BCUT2D eigenvalue weighted by atomic mass is 16.5. The molecule has 0 spiro atoms. The maximum atomic E-state index is 11.9. The number of hydrogen-bond donors (Lipinski definition) is 1. The summed E-state index contributed by atoms with van der Waals surface area (Å²) >= 11 is 0. The van der Waals surface area contributed by atoms with Gasteiger partial charge >= 0.3 is 0 Å². The molecule has 0 aromatic heterocycles. The number of ketones is 1. The molecule has 2 aromatic carbocycles. The number of benzene rings is 2. The van der Waals surface area contributed by atoms with E-state index in [4.69, 9.17) is 10.5 Å². The van der Waals surface area contributed by atoms with E-state index in [0.717, 1.165) is 36.1 Å². The molecule has 4 nitrogen and oxygen atoms in total. The maximum Gasteiger partial charge on any atom is 0.248 e. The molecule has 0 aliphatic carbocycles. The first-order valence-corrected chi connectivity index (χ1v) is 10.6. The second-order valence-electron chi connectivity index (χ2n) is 6.00. The van der Waals surface area contributed by atoms with Crippen LogP contribution in [0.25, 0.3) is 0 Å². The summed E-state index contributed by atoms with van der Waals surface area (Å²) in [5, 5.41) is 0. The molecule has 0 fully saturated rings. The Hall–Kier alpha value is -2.62. The molecule has 2 N–H and O–H groups in total. The second-order valence-corrected chi connectivity index (χ2v) is 6.00. The summed E-state index contributed by atoms with van der Waals surface area (Å²) in [4.78, 5) is 23.3. The molecule has 0 aliphatic heterocycles. The fraction of sp³-hybridized carbons (Fsp3) is 0.440. The molecule has 0 unspecified atom stereocenters. The molecule has 160 valence electrons. The van der Waals surface area contributed by atoms with Gasteiger partial charge in [0, 0.05) is 17.5 Å². The van der Waals surface area contributed by atoms with Crippen LogP contribution in [-0.2, 0) is 19.3 Å². The van der Waals surface area contributed by atoms with Gasteiger partial charge < -0.3 is 10.5 Å². The Morgan fingerprint density at radius 1 is 0.828 bits per heavy atom. The third-order valence-corrected chi connectivity index (χ3v) is 4.47. The Bertz CT molecular complexity index is 782. The lowest BCUT2D eigenvalue weighted by Gasteiger charge is -2.13. The largest absolute Gasteiger partial charge is 0.496 e. The third kappa shape index (κ3) is 7.72. The van der Waals surface area contributed by atoms with Crippen molar-refractivity contribution >= 4 is 11.7 Å². The van der Waals surface area contributed by atoms with Gasteiger partial charge in [0.15, 0.2) is 5.78 Å². The third-order valence-electron chi connectivity index (χ3n) is 4.47. The van der Waals surface area contributed by atoms with Gasteiger partial charge in [-0.2, -0.15) is 0 Å². The van der Waals surface area contributed by atoms with Gasteiger partial charge in [-0.05, 0) is 54.2 Å². The van der Waals surface area contributed by atoms with Gasteiger partial charge in [-0.1, -0.05) is 59.7 Å². The van der Waals surface area contributed by atoms with E-state index in [1.807, 2.05) is 65.0 Å². The average Bonchev–Trinajstić information content (AvgIpc) is 2.79. The van der Waals surface area contributed by atoms with E-state index in [1.165, 1.54) is 5.56 Å². The number of rotatable bonds is 8. The molecule has 0 bridgehead atoms. The van der Waals surface area contributed by atoms with Crippen LogP contribution >= 0.6 is 0 Å². The topological polar surface area (TPSA) is 69.4 Å². The van der Waals surface area contributed by atoms with Crippen molar-refractivity contribution in [1.82, 2.24) is 0 Å². The van der Waals surface area contributed by atoms with E-state index in [0.29, 0.717) is 17.5 Å². The Morgan fingerprint density at radius 2 is 1.38 bits per heavy atom. The minimum absolute atomic E-state index is 0.104. The second kappa shape index (κ2) is 14.4. The van der Waals surface area contributed by atoms with E-state index in [1.54, 1.807) is 13.2 Å². The predicted octanol–water partition coefficient (Wildman–Crippen LogP) is 5.79. The molecule has 29 heavy (non-hydrogen) atoms. The average molecular weight is 400 g/mol. The Balaban J connectivity index is 0.00000184. The van der Waals surface area contributed by atoms with Crippen LogP contribution in [0.1, 0.15) is 85.4 Å². The molecule has 0 atom stereocenters. The zero-order chi connectivity index (χ0) is 22.4. The molecule has 2 rings (SSSR count). The van der Waals surface area contributed by atoms with Crippen LogP contribution in [0.3, 0.4) is 0 Å². The minimum Gasteiger partial charge on any atom is -0.496 e. The Morgan fingerprint density at radius 3 is 1.90 bits per heavy atom. The Kier molecular flexibility index (Phi) is 13.1. The summed E-state index contributed by atoms with van der Waals surface area (Å²) in [5.41, 5.74) is 9.97. The van der Waals surface area contributed by atoms with Gasteiger partial charge in [0.2, 0.25) is 5.91 Å². The molecular weight excluding hydrogens is 362 g/mol. The molecule has 1 amide bonds. The number of carbonyl (C=O) groups excluding carboxylic acids is 2. The van der Waals surface area contributed by atoms with E-state index < -0.39 is 5.91 Å². The number of primary amides is 1. The lowest BCUT2D eigenvalue weighted by Crippen LogP contribution is -2.12. The summed E-state index contributed by atoms with van der Waals surface area (Å²) in [5.74, 6) is 0.416. The van der Waals surface area contributed by atoms with Crippen LogP contribution in [0.5, 0.6) is 5.75 Å². The van der Waals surface area contributed by atoms with Gasteiger partial charge in [0.25, 0.3) is 0 Å². The van der Waals surface area contributed by atoms with Crippen LogP contribution in [-0.4, -0.2) is 18.8 Å². The summed E-state index contributed by atoms with van der Waals surface area (Å²) in [6, 6.07) is 11.2.